The highest BCUT2D eigenvalue weighted by atomic mass is 16.8. The third-order valence-electron chi connectivity index (χ3n) is 21.7. The molecule has 6 fully saturated rings. The number of rotatable bonds is 51. The monoisotopic (exact) mass is 1600 g/mol. The number of carbonyl (C=O) groups is 3. The molecule has 0 spiro atoms. The molecule has 0 aliphatic carbocycles. The van der Waals surface area contributed by atoms with E-state index in [9.17, 15) is 101 Å². The molecule has 0 aromatic rings. The van der Waals surface area contributed by atoms with Gasteiger partial charge in [-0.1, -0.05) is 180 Å². The summed E-state index contributed by atoms with van der Waals surface area (Å²) in [4.78, 5) is 39.3. The maximum atomic E-state index is 13.6. The van der Waals surface area contributed by atoms with Crippen LogP contribution < -0.4 is 16.0 Å². The first-order chi connectivity index (χ1) is 53.3. The summed E-state index contributed by atoms with van der Waals surface area (Å²) in [6.45, 7) is 2.26. The van der Waals surface area contributed by atoms with Crippen LogP contribution in [0.15, 0.2) is 12.2 Å². The molecule has 6 rings (SSSR count). The second-order valence-corrected chi connectivity index (χ2v) is 30.6. The van der Waals surface area contributed by atoms with E-state index in [2.05, 4.69) is 29.8 Å². The van der Waals surface area contributed by atoms with Crippen molar-refractivity contribution in [2.75, 3.05) is 39.6 Å². The quantitative estimate of drug-likeness (QED) is 0.0246. The number of nitrogens with one attached hydrogen (secondary N) is 3. The second kappa shape index (κ2) is 51.4. The third-order valence-corrected chi connectivity index (χ3v) is 21.7. The Labute approximate surface area is 651 Å². The van der Waals surface area contributed by atoms with Gasteiger partial charge in [-0.05, 0) is 26.2 Å². The van der Waals surface area contributed by atoms with Gasteiger partial charge in [0.2, 0.25) is 17.7 Å². The maximum Gasteiger partial charge on any atom is 0.220 e. The fourth-order valence-electron chi connectivity index (χ4n) is 15.0. The molecule has 6 saturated heterocycles. The van der Waals surface area contributed by atoms with E-state index in [4.69, 9.17) is 56.8 Å². The summed E-state index contributed by atoms with van der Waals surface area (Å²) in [6.07, 6.45) is -20.7. The lowest BCUT2D eigenvalue weighted by molar-refractivity contribution is -0.395. The third kappa shape index (κ3) is 29.5. The van der Waals surface area contributed by atoms with Crippen molar-refractivity contribution >= 4 is 17.7 Å². The molecule has 0 aromatic carbocycles. The van der Waals surface area contributed by atoms with Crippen LogP contribution in [0.2, 0.25) is 0 Å². The van der Waals surface area contributed by atoms with Gasteiger partial charge in [-0.3, -0.25) is 14.4 Å². The predicted octanol–water partition coefficient (Wildman–Crippen LogP) is -1.40. The molecule has 0 bridgehead atoms. The molecule has 6 aliphatic heterocycles. The zero-order chi connectivity index (χ0) is 81.3. The Morgan fingerprint density at radius 1 is 0.369 bits per heavy atom. The second-order valence-electron chi connectivity index (χ2n) is 30.6. The van der Waals surface area contributed by atoms with Crippen LogP contribution in [0.4, 0.5) is 0 Å². The number of allylic oxidation sites excluding steroid dienone is 1. The van der Waals surface area contributed by atoms with Crippen LogP contribution in [0.1, 0.15) is 214 Å². The van der Waals surface area contributed by atoms with Crippen LogP contribution in [0.25, 0.3) is 0 Å². The molecule has 35 nitrogen and oxygen atoms in total. The minimum absolute atomic E-state index is 0.168. The zero-order valence-corrected chi connectivity index (χ0v) is 65.4. The highest BCUT2D eigenvalue weighted by molar-refractivity contribution is 5.76. The first kappa shape index (κ1) is 96.8. The molecule has 3 amide bonds. The van der Waals surface area contributed by atoms with E-state index < -0.39 is 248 Å². The van der Waals surface area contributed by atoms with Gasteiger partial charge < -0.3 is 160 Å². The number of amides is 3. The summed E-state index contributed by atoms with van der Waals surface area (Å²) < 4.78 is 72.4. The van der Waals surface area contributed by atoms with Gasteiger partial charge in [0, 0.05) is 20.3 Å². The van der Waals surface area contributed by atoms with E-state index in [1.807, 2.05) is 6.08 Å². The smallest absolute Gasteiger partial charge is 0.220 e. The summed E-state index contributed by atoms with van der Waals surface area (Å²) in [6, 6.07) is -4.61. The van der Waals surface area contributed by atoms with Crippen molar-refractivity contribution in [1.29, 1.82) is 0 Å². The van der Waals surface area contributed by atoms with E-state index >= 15 is 0 Å². The molecule has 6 aliphatic rings. The summed E-state index contributed by atoms with van der Waals surface area (Å²) in [5.41, 5.74) is 0. The average Bonchev–Trinajstić information content (AvgIpc) is 0.770. The van der Waals surface area contributed by atoms with Gasteiger partial charge in [-0.25, -0.2) is 0 Å². The van der Waals surface area contributed by atoms with Crippen molar-refractivity contribution in [3.8, 4) is 0 Å². The van der Waals surface area contributed by atoms with E-state index in [1.54, 1.807) is 6.08 Å². The lowest BCUT2D eigenvalue weighted by Gasteiger charge is -2.52. The molecule has 35 heteroatoms. The molecule has 0 aromatic heterocycles. The normalized spacial score (nSPS) is 37.4. The summed E-state index contributed by atoms with van der Waals surface area (Å²) in [5.74, 6) is -2.02. The summed E-state index contributed by atoms with van der Waals surface area (Å²) in [7, 11) is 0. The Hall–Kier alpha value is -3.01. The number of aliphatic hydroxyl groups is 17. The number of unbranched alkanes of at least 4 members (excludes halogenated alkanes) is 25. The van der Waals surface area contributed by atoms with Gasteiger partial charge in [-0.2, -0.15) is 0 Å². The number of ether oxygens (including phenoxy) is 12. The molecule has 111 heavy (non-hydrogen) atoms. The fraction of sp³-hybridized carbons (Fsp3) is 0.934. The Morgan fingerprint density at radius 2 is 0.739 bits per heavy atom. The van der Waals surface area contributed by atoms with Crippen molar-refractivity contribution in [2.45, 2.75) is 411 Å². The van der Waals surface area contributed by atoms with Gasteiger partial charge in [-0.15, -0.1) is 0 Å². The molecule has 0 radical (unpaired) electrons. The molecular weight excluding hydrogens is 1470 g/mol. The van der Waals surface area contributed by atoms with Crippen molar-refractivity contribution in [2.24, 2.45) is 0 Å². The van der Waals surface area contributed by atoms with Gasteiger partial charge in [0.05, 0.1) is 57.9 Å². The van der Waals surface area contributed by atoms with Crippen LogP contribution in [0.3, 0.4) is 0 Å². The highest BCUT2D eigenvalue weighted by Crippen LogP contribution is 2.39. The van der Waals surface area contributed by atoms with E-state index in [0.717, 1.165) is 65.2 Å². The van der Waals surface area contributed by atoms with Gasteiger partial charge in [0.1, 0.15) is 140 Å². The topological polar surface area (TPSA) is 542 Å². The largest absolute Gasteiger partial charge is 0.394 e. The van der Waals surface area contributed by atoms with Crippen LogP contribution in [-0.4, -0.2) is 340 Å². The van der Waals surface area contributed by atoms with E-state index in [1.165, 1.54) is 116 Å². The first-order valence-corrected chi connectivity index (χ1v) is 40.8. The molecule has 0 saturated carbocycles. The molecular formula is C76H137N3O32. The SMILES string of the molecule is CCCCCCCCCCCCC/C=C/[C@@H](O)[C@H](CO[C@@H]1OC(CO)[C@@H](O[C@@H]2OC(CO)[C@H](O)[C@H](O[C@@H]3OC(CO)[C@@H](O[C@@H]4OC(CO)[C@H](O)[C@H](O[C@@H]5OC(CO)[C@@H](O)[C@H](O)C5NC(C)=O)C4O)[C@H](O[C@H]4OC(C)[C@@H](O)C(O)[C@@H]4O)C3NC(C)=O)C2O)[C@H](O)C1O)NC(=O)CCCCCCCCCCCCCCCCC. The van der Waals surface area contributed by atoms with E-state index in [-0.39, 0.29) is 12.3 Å². The van der Waals surface area contributed by atoms with Crippen molar-refractivity contribution < 1.29 is 158 Å². The molecule has 32 atom stereocenters. The summed E-state index contributed by atoms with van der Waals surface area (Å²) in [5, 5.41) is 199. The molecule has 6 heterocycles. The maximum absolute atomic E-state index is 13.6. The Bertz CT molecular complexity index is 2580. The van der Waals surface area contributed by atoms with Gasteiger partial charge in [0.15, 0.2) is 37.7 Å². The number of carbonyl (C=O) groups excluding carboxylic acids is 3. The summed E-state index contributed by atoms with van der Waals surface area (Å²) >= 11 is 0. The Morgan fingerprint density at radius 3 is 1.22 bits per heavy atom. The molecule has 20 N–H and O–H groups in total. The van der Waals surface area contributed by atoms with Crippen LogP contribution in [0, 0.1) is 0 Å². The van der Waals surface area contributed by atoms with Gasteiger partial charge >= 0.3 is 0 Å². The molecule has 12 unspecified atom stereocenters. The van der Waals surface area contributed by atoms with Crippen molar-refractivity contribution in [3.63, 3.8) is 0 Å². The lowest BCUT2D eigenvalue weighted by Crippen LogP contribution is -2.71. The van der Waals surface area contributed by atoms with Crippen LogP contribution in [0.5, 0.6) is 0 Å². The van der Waals surface area contributed by atoms with E-state index in [0.29, 0.717) is 12.8 Å². The van der Waals surface area contributed by atoms with Crippen LogP contribution >= 0.6 is 0 Å². The Balaban J connectivity index is 1.17. The minimum atomic E-state index is -2.26. The number of aliphatic hydroxyl groups excluding tert-OH is 17. The minimum Gasteiger partial charge on any atom is -0.394 e. The average molecular weight is 1600 g/mol. The Kier molecular flexibility index (Phi) is 44.8. The van der Waals surface area contributed by atoms with Crippen LogP contribution in [-0.2, 0) is 71.2 Å². The number of hydrogen-bond donors (Lipinski definition) is 20. The number of hydrogen-bond acceptors (Lipinski definition) is 32. The fourth-order valence-corrected chi connectivity index (χ4v) is 15.0. The first-order valence-electron chi connectivity index (χ1n) is 40.8. The zero-order valence-electron chi connectivity index (χ0n) is 65.4. The lowest BCUT2D eigenvalue weighted by atomic mass is 9.93. The van der Waals surface area contributed by atoms with Gasteiger partial charge in [0.25, 0.3) is 0 Å². The standard InChI is InChI=1S/C76H137N3O32/c1-6-8-10-12-14-16-18-20-21-23-25-27-29-31-33-35-52(88)79-45(46(87)34-32-30-28-26-24-22-19-17-15-13-11-9-7-2)41-100-73-63(97)61(95)66(50(39-83)106-73)107-75-64(98)70(58(92)48(37-81)103-75)111-72-54(78-44(5)86)68(109-74-62(96)60(94)55(89)42(3)101-74)67(51(40-84)105-72)108-76-65(99)69(57(91)49(38-82)104-76)110-71-53(77-43(4)85)59(93)56(90)47(36-80)102-71/h32,34,42,45-51,53-76,80-84,87,89-99H,6-31,33,35-41H2,1-5H3,(H,77,85)(H,78,86)(H,79,88)/b34-32+/t42?,45-,46+,47?,48?,49?,50?,51?,53?,54?,55+,56+,57-,58-,59+,60?,61+,62-,63?,64?,65?,66+,67+,68+,69-,70-,71-,72-,73+,74+,75-,76-/m0/s1. The van der Waals surface area contributed by atoms with Crippen molar-refractivity contribution in [3.05, 3.63) is 12.2 Å². The van der Waals surface area contributed by atoms with Crippen molar-refractivity contribution in [1.82, 2.24) is 16.0 Å². The predicted molar refractivity (Wildman–Crippen MR) is 392 cm³/mol. The molecule has 648 valence electrons. The highest BCUT2D eigenvalue weighted by Gasteiger charge is 2.59.